The van der Waals surface area contributed by atoms with Crippen LogP contribution >= 0.6 is 0 Å². The Labute approximate surface area is 241 Å². The van der Waals surface area contributed by atoms with E-state index in [0.29, 0.717) is 6.42 Å². The molecule has 5 rings (SSSR count). The summed E-state index contributed by atoms with van der Waals surface area (Å²) < 4.78 is 5.24. The molecule has 1 aromatic rings. The normalized spacial score (nSPS) is 36.3. The van der Waals surface area contributed by atoms with E-state index in [0.717, 1.165) is 24.0 Å². The number of allylic oxidation sites excluding steroid dienone is 4. The molecule has 41 heavy (non-hydrogen) atoms. The second-order valence-corrected chi connectivity index (χ2v) is 12.9. The average molecular weight is 564 g/mol. The molecule has 3 N–H and O–H groups in total. The molecule has 4 aliphatic rings. The van der Waals surface area contributed by atoms with Crippen molar-refractivity contribution in [1.29, 1.82) is 0 Å². The third-order valence-electron chi connectivity index (χ3n) is 10.7. The fourth-order valence-electron chi connectivity index (χ4n) is 8.48. The summed E-state index contributed by atoms with van der Waals surface area (Å²) in [5.41, 5.74) is -1.01. The summed E-state index contributed by atoms with van der Waals surface area (Å²) in [6.07, 6.45) is 6.88. The third-order valence-corrected chi connectivity index (χ3v) is 10.7. The summed E-state index contributed by atoms with van der Waals surface area (Å²) in [5.74, 6) is -1.55. The lowest BCUT2D eigenvalue weighted by Crippen LogP contribution is -2.61. The number of ether oxygens (including phenoxy) is 1. The minimum atomic E-state index is -1.72. The van der Waals surface area contributed by atoms with Gasteiger partial charge in [-0.3, -0.25) is 19.2 Å². The predicted molar refractivity (Wildman–Crippen MR) is 151 cm³/mol. The van der Waals surface area contributed by atoms with Crippen LogP contribution in [0.25, 0.3) is 0 Å². The molecular formula is C33H41NO7. The molecular weight excluding hydrogens is 522 g/mol. The standard InChI is InChI=1S/C33H41NO7/c1-20(21-7-5-4-6-8-21)34-28(38)11-12-29(39)41-19-27(37)33(40)16-14-25-24-10-9-22-17-23(35)13-15-31(22,2)30(24)26(36)18-32(25,33)3/h4-8,13,15,17,20,24-26,30,36,40H,9-12,14,16,18-19H2,1-3H3,(H,34,38). The molecule has 4 aliphatic carbocycles. The maximum atomic E-state index is 13.4. The summed E-state index contributed by atoms with van der Waals surface area (Å²) in [4.78, 5) is 50.2. The highest BCUT2D eigenvalue weighted by Gasteiger charge is 2.68. The average Bonchev–Trinajstić information content (AvgIpc) is 3.21. The topological polar surface area (TPSA) is 130 Å². The molecule has 1 aromatic carbocycles. The largest absolute Gasteiger partial charge is 0.458 e. The van der Waals surface area contributed by atoms with E-state index < -0.39 is 40.9 Å². The van der Waals surface area contributed by atoms with Crippen molar-refractivity contribution in [1.82, 2.24) is 5.32 Å². The first kappa shape index (κ1) is 29.4. The van der Waals surface area contributed by atoms with Gasteiger partial charge in [0.1, 0.15) is 5.60 Å². The summed E-state index contributed by atoms with van der Waals surface area (Å²) in [7, 11) is 0. The number of esters is 1. The van der Waals surface area contributed by atoms with E-state index in [4.69, 9.17) is 4.74 Å². The van der Waals surface area contributed by atoms with E-state index in [9.17, 15) is 29.4 Å². The highest BCUT2D eigenvalue weighted by atomic mass is 16.5. The van der Waals surface area contributed by atoms with Gasteiger partial charge in [0.25, 0.3) is 0 Å². The van der Waals surface area contributed by atoms with E-state index >= 15 is 0 Å². The Hall–Kier alpha value is -3.10. The van der Waals surface area contributed by atoms with Crippen molar-refractivity contribution < 1.29 is 34.1 Å². The first-order chi connectivity index (χ1) is 19.4. The number of hydrogen-bond donors (Lipinski definition) is 3. The van der Waals surface area contributed by atoms with E-state index in [2.05, 4.69) is 12.2 Å². The smallest absolute Gasteiger partial charge is 0.306 e. The second-order valence-electron chi connectivity index (χ2n) is 12.9. The monoisotopic (exact) mass is 563 g/mol. The highest BCUT2D eigenvalue weighted by molar-refractivity contribution is 6.01. The minimum absolute atomic E-state index is 0.0141. The van der Waals surface area contributed by atoms with Crippen molar-refractivity contribution in [3.63, 3.8) is 0 Å². The number of carbonyl (C=O) groups is 4. The fraction of sp³-hybridized carbons (Fsp3) is 0.576. The molecule has 0 bridgehead atoms. The van der Waals surface area contributed by atoms with E-state index in [-0.39, 0.29) is 61.2 Å². The van der Waals surface area contributed by atoms with Crippen molar-refractivity contribution in [3.8, 4) is 0 Å². The minimum Gasteiger partial charge on any atom is -0.458 e. The van der Waals surface area contributed by atoms with Crippen molar-refractivity contribution in [3.05, 3.63) is 59.7 Å². The SMILES string of the molecule is CC(NC(=O)CCC(=O)OCC(=O)C1(O)CCC2C3CCC4=CC(=O)C=CC4(C)C3C(O)CC21C)c1ccccc1. The van der Waals surface area contributed by atoms with Crippen LogP contribution in [0.2, 0.25) is 0 Å². The molecule has 8 heteroatoms. The maximum Gasteiger partial charge on any atom is 0.306 e. The Balaban J connectivity index is 1.18. The van der Waals surface area contributed by atoms with Crippen LogP contribution in [0.1, 0.15) is 77.3 Å². The van der Waals surface area contributed by atoms with Gasteiger partial charge in [0, 0.05) is 23.2 Å². The quantitative estimate of drug-likeness (QED) is 0.411. The molecule has 1 amide bonds. The van der Waals surface area contributed by atoms with Crippen LogP contribution < -0.4 is 5.32 Å². The van der Waals surface area contributed by atoms with E-state index in [1.54, 1.807) is 12.2 Å². The first-order valence-corrected chi connectivity index (χ1v) is 14.8. The van der Waals surface area contributed by atoms with Crippen LogP contribution in [0, 0.1) is 28.6 Å². The van der Waals surface area contributed by atoms with Gasteiger partial charge in [-0.1, -0.05) is 55.8 Å². The number of hydrogen-bond acceptors (Lipinski definition) is 7. The molecule has 0 aliphatic heterocycles. The zero-order valence-electron chi connectivity index (χ0n) is 24.1. The lowest BCUT2D eigenvalue weighted by atomic mass is 9.46. The zero-order chi connectivity index (χ0) is 29.6. The van der Waals surface area contributed by atoms with E-state index in [1.165, 1.54) is 0 Å². The Morgan fingerprint density at radius 1 is 1.12 bits per heavy atom. The summed E-state index contributed by atoms with van der Waals surface area (Å²) in [6.45, 7) is 5.26. The van der Waals surface area contributed by atoms with Gasteiger partial charge in [-0.2, -0.15) is 0 Å². The summed E-state index contributed by atoms with van der Waals surface area (Å²) in [6, 6.07) is 9.29. The molecule has 3 fully saturated rings. The number of aliphatic hydroxyl groups is 2. The van der Waals surface area contributed by atoms with Crippen molar-refractivity contribution in [2.24, 2.45) is 28.6 Å². The number of rotatable bonds is 8. The van der Waals surface area contributed by atoms with Crippen LogP contribution in [0.3, 0.4) is 0 Å². The van der Waals surface area contributed by atoms with Gasteiger partial charge >= 0.3 is 5.97 Å². The zero-order valence-corrected chi connectivity index (χ0v) is 24.1. The lowest BCUT2D eigenvalue weighted by molar-refractivity contribution is -0.181. The van der Waals surface area contributed by atoms with Crippen LogP contribution in [0.15, 0.2) is 54.1 Å². The number of benzene rings is 1. The highest BCUT2D eigenvalue weighted by Crippen LogP contribution is 2.67. The molecule has 0 saturated heterocycles. The Bertz CT molecular complexity index is 1290. The van der Waals surface area contributed by atoms with Crippen molar-refractivity contribution in [2.45, 2.75) is 83.5 Å². The molecule has 0 spiro atoms. The van der Waals surface area contributed by atoms with Crippen LogP contribution in [0.5, 0.6) is 0 Å². The molecule has 220 valence electrons. The van der Waals surface area contributed by atoms with Gasteiger partial charge < -0.3 is 20.3 Å². The molecule has 3 saturated carbocycles. The van der Waals surface area contributed by atoms with Gasteiger partial charge in [0.05, 0.1) is 18.6 Å². The van der Waals surface area contributed by atoms with Crippen molar-refractivity contribution in [2.75, 3.05) is 6.61 Å². The van der Waals surface area contributed by atoms with Crippen LogP contribution in [0.4, 0.5) is 0 Å². The van der Waals surface area contributed by atoms with Crippen LogP contribution in [-0.4, -0.2) is 52.0 Å². The van der Waals surface area contributed by atoms with Gasteiger partial charge in [0.15, 0.2) is 12.4 Å². The number of carbonyl (C=O) groups excluding carboxylic acids is 4. The van der Waals surface area contributed by atoms with Gasteiger partial charge in [0.2, 0.25) is 11.7 Å². The van der Waals surface area contributed by atoms with Crippen LogP contribution in [-0.2, 0) is 23.9 Å². The number of Topliss-reactive ketones (excluding diaryl/α,β-unsaturated/α-hetero) is 1. The molecule has 8 nitrogen and oxygen atoms in total. The van der Waals surface area contributed by atoms with Gasteiger partial charge in [-0.05, 0) is 68.6 Å². The number of nitrogens with one attached hydrogen (secondary N) is 1. The summed E-state index contributed by atoms with van der Waals surface area (Å²) >= 11 is 0. The summed E-state index contributed by atoms with van der Waals surface area (Å²) in [5, 5.41) is 26.1. The Morgan fingerprint density at radius 2 is 1.85 bits per heavy atom. The molecule has 0 heterocycles. The predicted octanol–water partition coefficient (Wildman–Crippen LogP) is 3.77. The molecule has 8 atom stereocenters. The van der Waals surface area contributed by atoms with Gasteiger partial charge in [-0.15, -0.1) is 0 Å². The van der Waals surface area contributed by atoms with Gasteiger partial charge in [-0.25, -0.2) is 0 Å². The number of ketones is 2. The number of fused-ring (bicyclic) bond motifs is 5. The first-order valence-electron chi connectivity index (χ1n) is 14.8. The number of amides is 1. The second kappa shape index (κ2) is 11.0. The maximum absolute atomic E-state index is 13.4. The Morgan fingerprint density at radius 3 is 2.59 bits per heavy atom. The molecule has 8 unspecified atom stereocenters. The molecule has 0 aromatic heterocycles. The Kier molecular flexibility index (Phi) is 7.85. The molecule has 0 radical (unpaired) electrons. The lowest BCUT2D eigenvalue weighted by Gasteiger charge is -2.59. The van der Waals surface area contributed by atoms with Crippen molar-refractivity contribution >= 4 is 23.4 Å². The van der Waals surface area contributed by atoms with E-state index in [1.807, 2.05) is 50.3 Å². The third kappa shape index (κ3) is 5.10. The fourth-order valence-corrected chi connectivity index (χ4v) is 8.48. The number of aliphatic hydroxyl groups excluding tert-OH is 1.